The Bertz CT molecular complexity index is 755. The van der Waals surface area contributed by atoms with Gasteiger partial charge in [-0.05, 0) is 12.5 Å². The molecule has 0 fully saturated rings. The summed E-state index contributed by atoms with van der Waals surface area (Å²) < 4.78 is 0. The quantitative estimate of drug-likeness (QED) is 0.579. The van der Waals surface area contributed by atoms with Gasteiger partial charge in [0, 0.05) is 12.3 Å². The number of carbonyl (C=O) groups excluding carboxylic acids is 1. The number of carbonyl (C=O) groups is 2. The fourth-order valence-electron chi connectivity index (χ4n) is 1.90. The summed E-state index contributed by atoms with van der Waals surface area (Å²) in [4.78, 5) is 30.8. The molecule has 6 nitrogen and oxygen atoms in total. The molecule has 0 saturated carbocycles. The Morgan fingerprint density at radius 3 is 2.88 bits per heavy atom. The third kappa shape index (κ3) is 5.50. The van der Waals surface area contributed by atoms with Gasteiger partial charge in [0.2, 0.25) is 0 Å². The monoisotopic (exact) mass is 365 g/mol. The SMILES string of the molecule is Cc1cccc(CSc2ncc(Cl)c(C(=O)NCCC(=O)O)n2)c1. The molecule has 2 rings (SSSR count). The van der Waals surface area contributed by atoms with Crippen LogP contribution in [0.3, 0.4) is 0 Å². The molecule has 2 N–H and O–H groups in total. The summed E-state index contributed by atoms with van der Waals surface area (Å²) in [5.41, 5.74) is 2.35. The number of aryl methyl sites for hydroxylation is 1. The van der Waals surface area contributed by atoms with E-state index in [1.54, 1.807) is 0 Å². The van der Waals surface area contributed by atoms with Gasteiger partial charge in [-0.15, -0.1) is 0 Å². The van der Waals surface area contributed by atoms with Gasteiger partial charge in [0.15, 0.2) is 10.9 Å². The number of aromatic nitrogens is 2. The van der Waals surface area contributed by atoms with E-state index in [0.29, 0.717) is 10.9 Å². The third-order valence-electron chi connectivity index (χ3n) is 3.01. The van der Waals surface area contributed by atoms with Gasteiger partial charge < -0.3 is 10.4 Å². The second kappa shape index (κ2) is 8.65. The highest BCUT2D eigenvalue weighted by atomic mass is 35.5. The van der Waals surface area contributed by atoms with Crippen molar-refractivity contribution in [3.63, 3.8) is 0 Å². The van der Waals surface area contributed by atoms with Crippen molar-refractivity contribution in [2.75, 3.05) is 6.54 Å². The van der Waals surface area contributed by atoms with E-state index in [1.807, 2.05) is 25.1 Å². The molecular weight excluding hydrogens is 350 g/mol. The van der Waals surface area contributed by atoms with Crippen molar-refractivity contribution in [1.29, 1.82) is 0 Å². The molecule has 1 aromatic carbocycles. The molecule has 0 unspecified atom stereocenters. The number of amides is 1. The maximum atomic E-state index is 12.0. The zero-order valence-corrected chi connectivity index (χ0v) is 14.5. The van der Waals surface area contributed by atoms with E-state index in [2.05, 4.69) is 21.4 Å². The molecule has 0 spiro atoms. The van der Waals surface area contributed by atoms with E-state index in [4.69, 9.17) is 16.7 Å². The van der Waals surface area contributed by atoms with Crippen molar-refractivity contribution in [1.82, 2.24) is 15.3 Å². The lowest BCUT2D eigenvalue weighted by molar-refractivity contribution is -0.136. The lowest BCUT2D eigenvalue weighted by Crippen LogP contribution is -2.27. The summed E-state index contributed by atoms with van der Waals surface area (Å²) >= 11 is 7.36. The first-order valence-electron chi connectivity index (χ1n) is 7.16. The standard InChI is InChI=1S/C16H16ClN3O3S/c1-10-3-2-4-11(7-10)9-24-16-19-8-12(17)14(20-16)15(23)18-6-5-13(21)22/h2-4,7-8H,5-6,9H2,1H3,(H,18,23)(H,21,22). The number of thioether (sulfide) groups is 1. The van der Waals surface area contributed by atoms with Gasteiger partial charge in [0.05, 0.1) is 17.6 Å². The van der Waals surface area contributed by atoms with E-state index >= 15 is 0 Å². The average Bonchev–Trinajstić information content (AvgIpc) is 2.53. The van der Waals surface area contributed by atoms with Crippen LogP contribution in [0.2, 0.25) is 5.02 Å². The number of nitrogens with zero attached hydrogens (tertiary/aromatic N) is 2. The zero-order chi connectivity index (χ0) is 17.5. The van der Waals surface area contributed by atoms with Crippen molar-refractivity contribution in [2.24, 2.45) is 0 Å². The van der Waals surface area contributed by atoms with Gasteiger partial charge in [0.1, 0.15) is 0 Å². The molecule has 126 valence electrons. The predicted octanol–water partition coefficient (Wildman–Crippen LogP) is 2.94. The number of hydrogen-bond acceptors (Lipinski definition) is 5. The first-order valence-corrected chi connectivity index (χ1v) is 8.53. The Morgan fingerprint density at radius 2 is 2.17 bits per heavy atom. The van der Waals surface area contributed by atoms with E-state index in [-0.39, 0.29) is 23.7 Å². The number of hydrogen-bond donors (Lipinski definition) is 2. The van der Waals surface area contributed by atoms with Gasteiger partial charge in [-0.2, -0.15) is 0 Å². The number of nitrogens with one attached hydrogen (secondary N) is 1. The highest BCUT2D eigenvalue weighted by Gasteiger charge is 2.14. The molecule has 1 heterocycles. The van der Waals surface area contributed by atoms with Crippen LogP contribution in [0.4, 0.5) is 0 Å². The van der Waals surface area contributed by atoms with Gasteiger partial charge in [-0.3, -0.25) is 9.59 Å². The van der Waals surface area contributed by atoms with Crippen LogP contribution < -0.4 is 5.32 Å². The third-order valence-corrected chi connectivity index (χ3v) is 4.22. The lowest BCUT2D eigenvalue weighted by atomic mass is 10.2. The molecule has 1 aromatic heterocycles. The Kier molecular flexibility index (Phi) is 6.57. The Hall–Kier alpha value is -2.12. The van der Waals surface area contributed by atoms with Crippen LogP contribution >= 0.6 is 23.4 Å². The molecule has 1 amide bonds. The van der Waals surface area contributed by atoms with Crippen LogP contribution in [0.5, 0.6) is 0 Å². The van der Waals surface area contributed by atoms with Gasteiger partial charge in [0.25, 0.3) is 5.91 Å². The van der Waals surface area contributed by atoms with E-state index in [1.165, 1.54) is 23.5 Å². The fraction of sp³-hybridized carbons (Fsp3) is 0.250. The smallest absolute Gasteiger partial charge is 0.305 e. The van der Waals surface area contributed by atoms with Crippen LogP contribution in [0.15, 0.2) is 35.6 Å². The molecule has 0 bridgehead atoms. The number of halogens is 1. The van der Waals surface area contributed by atoms with Crippen LogP contribution in [-0.4, -0.2) is 33.5 Å². The number of aliphatic carboxylic acids is 1. The maximum Gasteiger partial charge on any atom is 0.305 e. The molecule has 0 aliphatic heterocycles. The molecular formula is C16H16ClN3O3S. The largest absolute Gasteiger partial charge is 0.481 e. The molecule has 0 aliphatic carbocycles. The Balaban J connectivity index is 2.02. The molecule has 0 radical (unpaired) electrons. The highest BCUT2D eigenvalue weighted by Crippen LogP contribution is 2.22. The Morgan fingerprint density at radius 1 is 1.38 bits per heavy atom. The van der Waals surface area contributed by atoms with Crippen molar-refractivity contribution in [3.8, 4) is 0 Å². The second-order valence-corrected chi connectivity index (χ2v) is 6.38. The van der Waals surface area contributed by atoms with Gasteiger partial charge in [-0.1, -0.05) is 53.2 Å². The number of rotatable bonds is 7. The van der Waals surface area contributed by atoms with Crippen LogP contribution in [-0.2, 0) is 10.5 Å². The fourth-order valence-corrected chi connectivity index (χ4v) is 2.83. The molecule has 0 atom stereocenters. The van der Waals surface area contributed by atoms with Crippen LogP contribution in [0.1, 0.15) is 28.0 Å². The molecule has 2 aromatic rings. The molecule has 8 heteroatoms. The maximum absolute atomic E-state index is 12.0. The first kappa shape index (κ1) is 18.2. The molecule has 0 aliphatic rings. The number of benzene rings is 1. The van der Waals surface area contributed by atoms with Crippen molar-refractivity contribution < 1.29 is 14.7 Å². The lowest BCUT2D eigenvalue weighted by Gasteiger charge is -2.07. The summed E-state index contributed by atoms with van der Waals surface area (Å²) in [7, 11) is 0. The van der Waals surface area contributed by atoms with E-state index < -0.39 is 11.9 Å². The number of carboxylic acids is 1. The normalized spacial score (nSPS) is 10.4. The first-order chi connectivity index (χ1) is 11.5. The Labute approximate surface area is 148 Å². The van der Waals surface area contributed by atoms with Crippen LogP contribution in [0.25, 0.3) is 0 Å². The van der Waals surface area contributed by atoms with Crippen molar-refractivity contribution in [3.05, 3.63) is 52.3 Å². The topological polar surface area (TPSA) is 92.2 Å². The summed E-state index contributed by atoms with van der Waals surface area (Å²) in [5.74, 6) is -0.830. The average molecular weight is 366 g/mol. The van der Waals surface area contributed by atoms with E-state index in [9.17, 15) is 9.59 Å². The van der Waals surface area contributed by atoms with Crippen molar-refractivity contribution in [2.45, 2.75) is 24.3 Å². The molecule has 24 heavy (non-hydrogen) atoms. The van der Waals surface area contributed by atoms with Crippen molar-refractivity contribution >= 4 is 35.2 Å². The minimum atomic E-state index is -0.988. The second-order valence-electron chi connectivity index (χ2n) is 5.03. The number of carboxylic acid groups (broad SMARTS) is 1. The summed E-state index contributed by atoms with van der Waals surface area (Å²) in [6, 6.07) is 8.08. The summed E-state index contributed by atoms with van der Waals surface area (Å²) in [6.45, 7) is 2.03. The minimum Gasteiger partial charge on any atom is -0.481 e. The predicted molar refractivity (Wildman–Crippen MR) is 92.4 cm³/mol. The minimum absolute atomic E-state index is 0.0142. The summed E-state index contributed by atoms with van der Waals surface area (Å²) in [5, 5.41) is 11.6. The van der Waals surface area contributed by atoms with E-state index in [0.717, 1.165) is 5.56 Å². The van der Waals surface area contributed by atoms with Gasteiger partial charge in [-0.25, -0.2) is 9.97 Å². The highest BCUT2D eigenvalue weighted by molar-refractivity contribution is 7.98. The summed E-state index contributed by atoms with van der Waals surface area (Å²) in [6.07, 6.45) is 1.21. The van der Waals surface area contributed by atoms with Gasteiger partial charge >= 0.3 is 5.97 Å². The van der Waals surface area contributed by atoms with Crippen LogP contribution in [0, 0.1) is 6.92 Å². The zero-order valence-electron chi connectivity index (χ0n) is 13.0. The molecule has 0 saturated heterocycles.